The Morgan fingerprint density at radius 1 is 1.88 bits per heavy atom. The van der Waals surface area contributed by atoms with Crippen molar-refractivity contribution in [1.82, 2.24) is 0 Å². The first kappa shape index (κ1) is 7.23. The number of hydrogen-bond donors (Lipinski definition) is 1. The molecule has 0 aliphatic rings. The van der Waals surface area contributed by atoms with Crippen molar-refractivity contribution in [2.45, 2.75) is 0 Å². The van der Waals surface area contributed by atoms with E-state index < -0.39 is 11.1 Å². The number of halogens is 1. The van der Waals surface area contributed by atoms with Crippen LogP contribution in [0.1, 0.15) is 0 Å². The van der Waals surface area contributed by atoms with Crippen molar-refractivity contribution in [1.29, 1.82) is 0 Å². The third kappa shape index (κ3) is 1.79. The van der Waals surface area contributed by atoms with Gasteiger partial charge in [0.1, 0.15) is 0 Å². The van der Waals surface area contributed by atoms with Crippen LogP contribution in [0.5, 0.6) is 0 Å². The zero-order valence-electron chi connectivity index (χ0n) is 4.09. The third-order valence-electron chi connectivity index (χ3n) is 0.442. The van der Waals surface area contributed by atoms with Crippen molar-refractivity contribution in [3.05, 3.63) is 0 Å². The van der Waals surface area contributed by atoms with Crippen molar-refractivity contribution < 1.29 is 14.7 Å². The van der Waals surface area contributed by atoms with Gasteiger partial charge in [-0.15, -0.1) is 0 Å². The fourth-order valence-corrected chi connectivity index (χ4v) is 0.202. The van der Waals surface area contributed by atoms with Crippen LogP contribution in [0.4, 0.5) is 0 Å². The fourth-order valence-electron chi connectivity index (χ4n) is 0.125. The van der Waals surface area contributed by atoms with Crippen LogP contribution in [0.25, 0.3) is 0 Å². The molecule has 4 nitrogen and oxygen atoms in total. The van der Waals surface area contributed by atoms with Gasteiger partial charge in [-0.1, -0.05) is 16.8 Å². The molecule has 0 aliphatic carbocycles. The SMILES string of the molecule is COC(=O)/C(Cl)=N/O. The quantitative estimate of drug-likeness (QED) is 0.243. The van der Waals surface area contributed by atoms with Crippen LogP contribution in [0, 0.1) is 0 Å². The molecular formula is C3H4ClNO3. The number of ether oxygens (including phenoxy) is 1. The number of carbonyl (C=O) groups is 1. The lowest BCUT2D eigenvalue weighted by Crippen LogP contribution is -2.08. The lowest BCUT2D eigenvalue weighted by molar-refractivity contribution is -0.132. The molecule has 0 radical (unpaired) electrons. The summed E-state index contributed by atoms with van der Waals surface area (Å²) in [5.41, 5.74) is 0. The van der Waals surface area contributed by atoms with Gasteiger partial charge in [-0.05, 0) is 0 Å². The van der Waals surface area contributed by atoms with Crippen molar-refractivity contribution in [3.63, 3.8) is 0 Å². The lowest BCUT2D eigenvalue weighted by Gasteiger charge is -1.89. The van der Waals surface area contributed by atoms with E-state index in [4.69, 9.17) is 16.8 Å². The van der Waals surface area contributed by atoms with E-state index in [1.807, 2.05) is 0 Å². The Kier molecular flexibility index (Phi) is 2.95. The van der Waals surface area contributed by atoms with Gasteiger partial charge in [0.15, 0.2) is 0 Å². The van der Waals surface area contributed by atoms with Crippen molar-refractivity contribution in [2.24, 2.45) is 5.16 Å². The summed E-state index contributed by atoms with van der Waals surface area (Å²) in [6, 6.07) is 0. The zero-order valence-corrected chi connectivity index (χ0v) is 4.84. The zero-order chi connectivity index (χ0) is 6.57. The molecule has 0 aromatic rings. The van der Waals surface area contributed by atoms with E-state index in [-0.39, 0.29) is 0 Å². The van der Waals surface area contributed by atoms with Crippen LogP contribution in [-0.2, 0) is 9.53 Å². The number of nitrogens with zero attached hydrogens (tertiary/aromatic N) is 1. The monoisotopic (exact) mass is 137 g/mol. The highest BCUT2D eigenvalue weighted by molar-refractivity contribution is 6.81. The fraction of sp³-hybridized carbons (Fsp3) is 0.333. The molecule has 1 N–H and O–H groups in total. The topological polar surface area (TPSA) is 58.9 Å². The van der Waals surface area contributed by atoms with Crippen molar-refractivity contribution >= 4 is 22.7 Å². The number of esters is 1. The average Bonchev–Trinajstić information content (AvgIpc) is 1.84. The van der Waals surface area contributed by atoms with E-state index in [2.05, 4.69) is 9.89 Å². The van der Waals surface area contributed by atoms with Gasteiger partial charge in [0, 0.05) is 0 Å². The molecule has 0 aromatic heterocycles. The van der Waals surface area contributed by atoms with E-state index >= 15 is 0 Å². The van der Waals surface area contributed by atoms with Gasteiger partial charge in [-0.25, -0.2) is 4.79 Å². The summed E-state index contributed by atoms with van der Waals surface area (Å²) in [5.74, 6) is -0.853. The van der Waals surface area contributed by atoms with Crippen LogP contribution in [0.3, 0.4) is 0 Å². The van der Waals surface area contributed by atoms with Gasteiger partial charge in [-0.2, -0.15) is 0 Å². The highest BCUT2D eigenvalue weighted by Gasteiger charge is 2.06. The molecule has 0 spiro atoms. The summed E-state index contributed by atoms with van der Waals surface area (Å²) in [6.07, 6.45) is 0. The minimum atomic E-state index is -0.853. The predicted octanol–water partition coefficient (Wildman–Crippen LogP) is 0.186. The molecule has 5 heteroatoms. The van der Waals surface area contributed by atoms with E-state index in [1.54, 1.807) is 0 Å². The molecule has 8 heavy (non-hydrogen) atoms. The molecule has 0 amide bonds. The molecule has 0 rings (SSSR count). The molecular weight excluding hydrogens is 133 g/mol. The first-order chi connectivity index (χ1) is 3.72. The summed E-state index contributed by atoms with van der Waals surface area (Å²) >= 11 is 4.94. The van der Waals surface area contributed by atoms with Crippen LogP contribution in [0.2, 0.25) is 0 Å². The van der Waals surface area contributed by atoms with Crippen molar-refractivity contribution in [3.8, 4) is 0 Å². The number of hydrogen-bond acceptors (Lipinski definition) is 4. The maximum Gasteiger partial charge on any atom is 0.372 e. The normalized spacial score (nSPS) is 11.0. The lowest BCUT2D eigenvalue weighted by atomic mass is 10.7. The molecule has 0 bridgehead atoms. The number of carbonyl (C=O) groups excluding carboxylic acids is 1. The first-order valence-electron chi connectivity index (χ1n) is 1.68. The van der Waals surface area contributed by atoms with Gasteiger partial charge in [0.05, 0.1) is 7.11 Å². The number of rotatable bonds is 1. The molecule has 0 saturated carbocycles. The second kappa shape index (κ2) is 3.26. The second-order valence-electron chi connectivity index (χ2n) is 0.882. The van der Waals surface area contributed by atoms with E-state index in [0.29, 0.717) is 0 Å². The Hall–Kier alpha value is -0.770. The maximum atomic E-state index is 10.1. The van der Waals surface area contributed by atoms with Gasteiger partial charge >= 0.3 is 5.97 Å². The van der Waals surface area contributed by atoms with Gasteiger partial charge in [0.2, 0.25) is 0 Å². The Morgan fingerprint density at radius 3 is 2.50 bits per heavy atom. The minimum Gasteiger partial charge on any atom is -0.464 e. The molecule has 0 atom stereocenters. The third-order valence-corrected chi connectivity index (χ3v) is 0.672. The first-order valence-corrected chi connectivity index (χ1v) is 2.06. The summed E-state index contributed by atoms with van der Waals surface area (Å²) in [5, 5.41) is 9.58. The molecule has 0 saturated heterocycles. The van der Waals surface area contributed by atoms with Crippen LogP contribution in [0.15, 0.2) is 5.16 Å². The number of oxime groups is 1. The summed E-state index contributed by atoms with van der Waals surface area (Å²) < 4.78 is 4.04. The Labute approximate surface area is 50.7 Å². The summed E-state index contributed by atoms with van der Waals surface area (Å²) in [6.45, 7) is 0. The maximum absolute atomic E-state index is 10.1. The van der Waals surface area contributed by atoms with Gasteiger partial charge in [0.25, 0.3) is 5.17 Å². The molecule has 46 valence electrons. The van der Waals surface area contributed by atoms with Gasteiger partial charge in [-0.3, -0.25) is 0 Å². The van der Waals surface area contributed by atoms with E-state index in [0.717, 1.165) is 7.11 Å². The molecule has 0 unspecified atom stereocenters. The summed E-state index contributed by atoms with van der Waals surface area (Å²) in [4.78, 5) is 10.1. The highest BCUT2D eigenvalue weighted by Crippen LogP contribution is 1.85. The summed E-state index contributed by atoms with van der Waals surface area (Å²) in [7, 11) is 1.13. The smallest absolute Gasteiger partial charge is 0.372 e. The molecule has 0 aliphatic heterocycles. The van der Waals surface area contributed by atoms with Gasteiger partial charge < -0.3 is 9.94 Å². The van der Waals surface area contributed by atoms with Crippen LogP contribution >= 0.6 is 11.6 Å². The predicted molar refractivity (Wildman–Crippen MR) is 27.1 cm³/mol. The van der Waals surface area contributed by atoms with E-state index in [1.165, 1.54) is 0 Å². The van der Waals surface area contributed by atoms with Crippen LogP contribution < -0.4 is 0 Å². The van der Waals surface area contributed by atoms with Crippen LogP contribution in [-0.4, -0.2) is 23.5 Å². The Balaban J connectivity index is 3.83. The highest BCUT2D eigenvalue weighted by atomic mass is 35.5. The van der Waals surface area contributed by atoms with E-state index in [9.17, 15) is 4.79 Å². The standard InChI is InChI=1S/C3H4ClNO3/c1-8-3(6)2(4)5-7/h7H,1H3/b5-2-. The minimum absolute atomic E-state index is 0.576. The second-order valence-corrected chi connectivity index (χ2v) is 1.24. The van der Waals surface area contributed by atoms with Crippen molar-refractivity contribution in [2.75, 3.05) is 7.11 Å². The molecule has 0 aromatic carbocycles. The molecule has 0 fully saturated rings. The average molecular weight is 138 g/mol. The Bertz CT molecular complexity index is 122. The molecule has 0 heterocycles. The Morgan fingerprint density at radius 2 is 2.38 bits per heavy atom. The largest absolute Gasteiger partial charge is 0.464 e. The number of methoxy groups -OCH3 is 1.